The van der Waals surface area contributed by atoms with Crippen molar-refractivity contribution in [2.75, 3.05) is 16.8 Å². The third-order valence-corrected chi connectivity index (χ3v) is 2.15. The third-order valence-electron chi connectivity index (χ3n) is 2.15. The van der Waals surface area contributed by atoms with Crippen molar-refractivity contribution in [2.24, 2.45) is 0 Å². The van der Waals surface area contributed by atoms with Crippen LogP contribution in [0.5, 0.6) is 0 Å². The minimum atomic E-state index is -0.613. The van der Waals surface area contributed by atoms with Gasteiger partial charge in [-0.1, -0.05) is 6.07 Å². The number of hydrogen-bond donors (Lipinski definition) is 3. The Labute approximate surface area is 102 Å². The Bertz CT molecular complexity index is 614. The fourth-order valence-electron chi connectivity index (χ4n) is 1.43. The Hall–Kier alpha value is -2.88. The highest BCUT2D eigenvalue weighted by atomic mass is 19.1. The summed E-state index contributed by atoms with van der Waals surface area (Å²) in [5.41, 5.74) is 11.1. The number of anilines is 4. The van der Waals surface area contributed by atoms with E-state index >= 15 is 0 Å². The summed E-state index contributed by atoms with van der Waals surface area (Å²) < 4.78 is 13.4. The highest BCUT2D eigenvalue weighted by Gasteiger charge is 2.09. The van der Waals surface area contributed by atoms with Crippen LogP contribution in [0.4, 0.5) is 27.7 Å². The molecule has 0 radical (unpaired) electrons. The molecular formula is C11H9FN6. The summed E-state index contributed by atoms with van der Waals surface area (Å²) in [7, 11) is 0. The van der Waals surface area contributed by atoms with Gasteiger partial charge in [-0.15, -0.1) is 0 Å². The van der Waals surface area contributed by atoms with E-state index in [1.165, 1.54) is 18.2 Å². The first kappa shape index (κ1) is 11.6. The molecule has 0 aliphatic heterocycles. The molecule has 0 saturated carbocycles. The summed E-state index contributed by atoms with van der Waals surface area (Å²) in [6.07, 6.45) is 0. The Kier molecular flexibility index (Phi) is 2.93. The van der Waals surface area contributed by atoms with E-state index in [9.17, 15) is 4.39 Å². The van der Waals surface area contributed by atoms with E-state index in [1.54, 1.807) is 12.1 Å². The van der Waals surface area contributed by atoms with Crippen LogP contribution < -0.4 is 16.8 Å². The fourth-order valence-corrected chi connectivity index (χ4v) is 1.43. The Balaban J connectivity index is 2.40. The summed E-state index contributed by atoms with van der Waals surface area (Å²) in [4.78, 5) is 7.58. The van der Waals surface area contributed by atoms with E-state index in [1.807, 2.05) is 0 Å². The van der Waals surface area contributed by atoms with Gasteiger partial charge in [-0.05, 0) is 12.1 Å². The fraction of sp³-hybridized carbons (Fsp3) is 0. The number of nitrogens with one attached hydrogen (secondary N) is 1. The van der Waals surface area contributed by atoms with E-state index < -0.39 is 5.82 Å². The van der Waals surface area contributed by atoms with Crippen molar-refractivity contribution in [2.45, 2.75) is 0 Å². The molecule has 0 fully saturated rings. The smallest absolute Gasteiger partial charge is 0.223 e. The monoisotopic (exact) mass is 244 g/mol. The SMILES string of the molecule is N#Cc1c(F)cccc1Nc1cc(N)nc(N)n1. The topological polar surface area (TPSA) is 114 Å². The zero-order valence-electron chi connectivity index (χ0n) is 9.18. The molecule has 0 aliphatic carbocycles. The van der Waals surface area contributed by atoms with Gasteiger partial charge in [0.2, 0.25) is 5.95 Å². The van der Waals surface area contributed by atoms with Gasteiger partial charge in [0.05, 0.1) is 5.69 Å². The van der Waals surface area contributed by atoms with Crippen LogP contribution in [0.15, 0.2) is 24.3 Å². The summed E-state index contributed by atoms with van der Waals surface area (Å²) in [6, 6.07) is 7.43. The van der Waals surface area contributed by atoms with E-state index in [2.05, 4.69) is 15.3 Å². The predicted molar refractivity (Wildman–Crippen MR) is 65.3 cm³/mol. The molecule has 0 amide bonds. The molecule has 6 nitrogen and oxygen atoms in total. The van der Waals surface area contributed by atoms with Crippen LogP contribution >= 0.6 is 0 Å². The average Bonchev–Trinajstić information content (AvgIpc) is 2.27. The molecule has 0 saturated heterocycles. The molecule has 0 atom stereocenters. The van der Waals surface area contributed by atoms with Crippen molar-refractivity contribution in [3.05, 3.63) is 35.6 Å². The molecule has 0 aliphatic rings. The van der Waals surface area contributed by atoms with Gasteiger partial charge in [-0.3, -0.25) is 0 Å². The number of nitrogen functional groups attached to an aromatic ring is 2. The quantitative estimate of drug-likeness (QED) is 0.735. The number of rotatable bonds is 2. The van der Waals surface area contributed by atoms with E-state index in [4.69, 9.17) is 16.7 Å². The maximum Gasteiger partial charge on any atom is 0.223 e. The first-order chi connectivity index (χ1) is 8.60. The van der Waals surface area contributed by atoms with Crippen LogP contribution in [0.1, 0.15) is 5.56 Å². The van der Waals surface area contributed by atoms with Crippen molar-refractivity contribution in [3.63, 3.8) is 0 Å². The normalized spacial score (nSPS) is 9.78. The number of nitrogens with two attached hydrogens (primary N) is 2. The Morgan fingerprint density at radius 2 is 2.06 bits per heavy atom. The van der Waals surface area contributed by atoms with E-state index in [-0.39, 0.29) is 23.0 Å². The molecule has 2 aromatic rings. The molecule has 5 N–H and O–H groups in total. The van der Waals surface area contributed by atoms with E-state index in [0.29, 0.717) is 5.82 Å². The molecule has 1 aromatic carbocycles. The molecule has 18 heavy (non-hydrogen) atoms. The minimum Gasteiger partial charge on any atom is -0.383 e. The molecule has 1 aromatic heterocycles. The van der Waals surface area contributed by atoms with Crippen molar-refractivity contribution >= 4 is 23.3 Å². The average molecular weight is 244 g/mol. The van der Waals surface area contributed by atoms with Gasteiger partial charge in [0.15, 0.2) is 0 Å². The number of benzene rings is 1. The molecule has 0 unspecified atom stereocenters. The molecule has 2 rings (SSSR count). The first-order valence-electron chi connectivity index (χ1n) is 4.96. The van der Waals surface area contributed by atoms with Crippen LogP contribution in [0, 0.1) is 17.1 Å². The second-order valence-corrected chi connectivity index (χ2v) is 3.44. The zero-order chi connectivity index (χ0) is 13.1. The lowest BCUT2D eigenvalue weighted by Crippen LogP contribution is -2.04. The summed E-state index contributed by atoms with van der Waals surface area (Å²) in [6.45, 7) is 0. The lowest BCUT2D eigenvalue weighted by Gasteiger charge is -2.08. The van der Waals surface area contributed by atoms with Crippen molar-refractivity contribution in [1.29, 1.82) is 5.26 Å². The number of hydrogen-bond acceptors (Lipinski definition) is 6. The van der Waals surface area contributed by atoms with Gasteiger partial charge in [-0.2, -0.15) is 15.2 Å². The third kappa shape index (κ3) is 2.27. The van der Waals surface area contributed by atoms with Crippen LogP contribution in [-0.2, 0) is 0 Å². The molecule has 90 valence electrons. The number of aromatic nitrogens is 2. The first-order valence-corrected chi connectivity index (χ1v) is 4.96. The van der Waals surface area contributed by atoms with Crippen molar-refractivity contribution < 1.29 is 4.39 Å². The second kappa shape index (κ2) is 4.55. The highest BCUT2D eigenvalue weighted by Crippen LogP contribution is 2.22. The summed E-state index contributed by atoms with van der Waals surface area (Å²) in [5.74, 6) is -0.146. The van der Waals surface area contributed by atoms with Gasteiger partial charge in [0, 0.05) is 6.07 Å². The van der Waals surface area contributed by atoms with Crippen molar-refractivity contribution in [3.8, 4) is 6.07 Å². The van der Waals surface area contributed by atoms with Gasteiger partial charge in [-0.25, -0.2) is 4.39 Å². The molecule has 0 bridgehead atoms. The van der Waals surface area contributed by atoms with Crippen LogP contribution in [-0.4, -0.2) is 9.97 Å². The van der Waals surface area contributed by atoms with Gasteiger partial charge in [0.25, 0.3) is 0 Å². The molecule has 7 heteroatoms. The summed E-state index contributed by atoms with van der Waals surface area (Å²) in [5, 5.41) is 11.6. The van der Waals surface area contributed by atoms with Gasteiger partial charge >= 0.3 is 0 Å². The lowest BCUT2D eigenvalue weighted by atomic mass is 10.2. The summed E-state index contributed by atoms with van der Waals surface area (Å²) >= 11 is 0. The maximum atomic E-state index is 13.4. The Morgan fingerprint density at radius 1 is 1.28 bits per heavy atom. The minimum absolute atomic E-state index is 0.00703. The van der Waals surface area contributed by atoms with Crippen LogP contribution in [0.25, 0.3) is 0 Å². The zero-order valence-corrected chi connectivity index (χ0v) is 9.18. The number of nitriles is 1. The largest absolute Gasteiger partial charge is 0.383 e. The molecular weight excluding hydrogens is 235 g/mol. The Morgan fingerprint density at radius 3 is 2.72 bits per heavy atom. The standard InChI is InChI=1S/C11H9FN6/c12-7-2-1-3-8(6(7)5-13)16-10-4-9(14)17-11(15)18-10/h1-4H,(H5,14,15,16,17,18). The highest BCUT2D eigenvalue weighted by molar-refractivity contribution is 5.66. The second-order valence-electron chi connectivity index (χ2n) is 3.44. The predicted octanol–water partition coefficient (Wildman–Crippen LogP) is 1.40. The molecule has 0 spiro atoms. The van der Waals surface area contributed by atoms with Crippen molar-refractivity contribution in [1.82, 2.24) is 9.97 Å². The van der Waals surface area contributed by atoms with Gasteiger partial charge < -0.3 is 16.8 Å². The molecule has 1 heterocycles. The maximum absolute atomic E-state index is 13.4. The number of halogens is 1. The van der Waals surface area contributed by atoms with E-state index in [0.717, 1.165) is 0 Å². The number of nitrogens with zero attached hydrogens (tertiary/aromatic N) is 3. The lowest BCUT2D eigenvalue weighted by molar-refractivity contribution is 0.624. The van der Waals surface area contributed by atoms with Crippen LogP contribution in [0.3, 0.4) is 0 Å². The van der Waals surface area contributed by atoms with Crippen LogP contribution in [0.2, 0.25) is 0 Å². The van der Waals surface area contributed by atoms with Gasteiger partial charge in [0.1, 0.15) is 29.1 Å².